The van der Waals surface area contributed by atoms with E-state index in [2.05, 4.69) is 58.7 Å². The SMILES string of the molecule is C.C.C.C.CCC.CCN(CC)CC.CCNCC. The van der Waals surface area contributed by atoms with E-state index in [1.54, 1.807) is 0 Å². The van der Waals surface area contributed by atoms with Crippen LogP contribution in [0, 0.1) is 0 Å². The van der Waals surface area contributed by atoms with Gasteiger partial charge in [-0.15, -0.1) is 0 Å². The van der Waals surface area contributed by atoms with Crippen LogP contribution in [0.4, 0.5) is 0 Å². The second kappa shape index (κ2) is 52.1. The summed E-state index contributed by atoms with van der Waals surface area (Å²) in [6.07, 6.45) is 1.25. The van der Waals surface area contributed by atoms with Crippen molar-refractivity contribution < 1.29 is 0 Å². The molecule has 0 aromatic rings. The topological polar surface area (TPSA) is 15.3 Å². The lowest BCUT2D eigenvalue weighted by Crippen LogP contribution is -2.21. The van der Waals surface area contributed by atoms with Crippen molar-refractivity contribution in [1.82, 2.24) is 10.2 Å². The summed E-state index contributed by atoms with van der Waals surface area (Å²) in [5.74, 6) is 0. The maximum atomic E-state index is 3.11. The maximum absolute atomic E-state index is 3.11. The molecule has 2 heteroatoms. The first-order valence-electron chi connectivity index (χ1n) is 6.61. The van der Waals surface area contributed by atoms with Gasteiger partial charge in [-0.25, -0.2) is 0 Å². The first-order chi connectivity index (χ1) is 7.17. The lowest BCUT2D eigenvalue weighted by molar-refractivity contribution is 0.321. The normalized spacial score (nSPS) is 6.95. The molecule has 128 valence electrons. The van der Waals surface area contributed by atoms with Crippen LogP contribution in [0.3, 0.4) is 0 Å². The molecule has 0 amide bonds. The van der Waals surface area contributed by atoms with Gasteiger partial charge in [-0.1, -0.05) is 84.6 Å². The molecule has 0 aliphatic rings. The molecule has 0 spiro atoms. The lowest BCUT2D eigenvalue weighted by Gasteiger charge is -2.13. The van der Waals surface area contributed by atoms with Crippen LogP contribution >= 0.6 is 0 Å². The van der Waals surface area contributed by atoms with Gasteiger partial charge in [0.1, 0.15) is 0 Å². The summed E-state index contributed by atoms with van der Waals surface area (Å²) in [5, 5.41) is 3.11. The Morgan fingerprint density at radius 1 is 0.579 bits per heavy atom. The molecule has 0 aromatic heterocycles. The van der Waals surface area contributed by atoms with E-state index >= 15 is 0 Å². The Labute approximate surface area is 128 Å². The Kier molecular flexibility index (Phi) is 117. The highest BCUT2D eigenvalue weighted by Gasteiger charge is 1.89. The van der Waals surface area contributed by atoms with Gasteiger partial charge in [0.2, 0.25) is 0 Å². The highest BCUT2D eigenvalue weighted by molar-refractivity contribution is 4.43. The van der Waals surface area contributed by atoms with E-state index in [-0.39, 0.29) is 29.7 Å². The zero-order valence-corrected chi connectivity index (χ0v) is 12.2. The van der Waals surface area contributed by atoms with E-state index in [0.29, 0.717) is 0 Å². The fraction of sp³-hybridized carbons (Fsp3) is 1.00. The van der Waals surface area contributed by atoms with Crippen LogP contribution in [0.25, 0.3) is 0 Å². The average Bonchev–Trinajstić information content (AvgIpc) is 2.24. The van der Waals surface area contributed by atoms with Crippen molar-refractivity contribution >= 4 is 0 Å². The third kappa shape index (κ3) is 72.4. The van der Waals surface area contributed by atoms with Crippen molar-refractivity contribution in [2.24, 2.45) is 0 Å². The van der Waals surface area contributed by atoms with Crippen LogP contribution in [0.15, 0.2) is 0 Å². The molecule has 19 heavy (non-hydrogen) atoms. The van der Waals surface area contributed by atoms with Gasteiger partial charge >= 0.3 is 0 Å². The van der Waals surface area contributed by atoms with E-state index in [0.717, 1.165) is 13.1 Å². The minimum Gasteiger partial charge on any atom is -0.317 e. The number of nitrogens with zero attached hydrogens (tertiary/aromatic N) is 1. The van der Waals surface area contributed by atoms with Gasteiger partial charge < -0.3 is 10.2 Å². The van der Waals surface area contributed by atoms with Crippen LogP contribution in [0.5, 0.6) is 0 Å². The molecule has 0 saturated heterocycles. The van der Waals surface area contributed by atoms with Crippen LogP contribution in [0.2, 0.25) is 0 Å². The summed E-state index contributed by atoms with van der Waals surface area (Å²) < 4.78 is 0. The molecule has 0 unspecified atom stereocenters. The number of hydrogen-bond acceptors (Lipinski definition) is 2. The summed E-state index contributed by atoms with van der Waals surface area (Å²) >= 11 is 0. The van der Waals surface area contributed by atoms with Crippen molar-refractivity contribution in [2.75, 3.05) is 32.7 Å². The summed E-state index contributed by atoms with van der Waals surface area (Å²) in [6, 6.07) is 0. The molecule has 0 aromatic carbocycles. The van der Waals surface area contributed by atoms with E-state index in [9.17, 15) is 0 Å². The third-order valence-corrected chi connectivity index (χ3v) is 1.84. The van der Waals surface area contributed by atoms with Crippen molar-refractivity contribution in [3.8, 4) is 0 Å². The molecule has 1 N–H and O–H groups in total. The van der Waals surface area contributed by atoms with E-state index in [4.69, 9.17) is 0 Å². The Balaban J connectivity index is -0.0000000219. The van der Waals surface area contributed by atoms with Crippen molar-refractivity contribution in [2.45, 2.75) is 84.6 Å². The van der Waals surface area contributed by atoms with E-state index in [1.807, 2.05) is 0 Å². The minimum atomic E-state index is 0. The van der Waals surface area contributed by atoms with Crippen LogP contribution in [0.1, 0.15) is 84.6 Å². The van der Waals surface area contributed by atoms with Crippen LogP contribution < -0.4 is 5.32 Å². The van der Waals surface area contributed by atoms with Gasteiger partial charge in [0.25, 0.3) is 0 Å². The predicted octanol–water partition coefficient (Wildman–Crippen LogP) is 5.92. The van der Waals surface area contributed by atoms with Crippen molar-refractivity contribution in [3.63, 3.8) is 0 Å². The molecule has 0 aliphatic carbocycles. The Morgan fingerprint density at radius 3 is 0.789 bits per heavy atom. The molecule has 0 saturated carbocycles. The quantitative estimate of drug-likeness (QED) is 0.673. The van der Waals surface area contributed by atoms with Gasteiger partial charge in [0.15, 0.2) is 0 Å². The zero-order valence-electron chi connectivity index (χ0n) is 12.2. The number of hydrogen-bond donors (Lipinski definition) is 1. The van der Waals surface area contributed by atoms with Crippen molar-refractivity contribution in [1.29, 1.82) is 0 Å². The van der Waals surface area contributed by atoms with Crippen molar-refractivity contribution in [3.05, 3.63) is 0 Å². The molecule has 0 radical (unpaired) electrons. The number of rotatable bonds is 5. The number of nitrogens with one attached hydrogen (secondary N) is 1. The maximum Gasteiger partial charge on any atom is -0.00474 e. The van der Waals surface area contributed by atoms with Gasteiger partial charge in [-0.2, -0.15) is 0 Å². The highest BCUT2D eigenvalue weighted by atomic mass is 15.1. The largest absolute Gasteiger partial charge is 0.317 e. The molecule has 0 heterocycles. The Hall–Kier alpha value is -0.0800. The fourth-order valence-electron chi connectivity index (χ4n) is 0.921. The molecule has 0 rings (SSSR count). The predicted molar refractivity (Wildman–Crippen MR) is 101 cm³/mol. The Bertz CT molecular complexity index is 64.2. The second-order valence-corrected chi connectivity index (χ2v) is 3.28. The summed E-state index contributed by atoms with van der Waals surface area (Å²) in [6.45, 7) is 20.8. The smallest absolute Gasteiger partial charge is 0.00474 e. The summed E-state index contributed by atoms with van der Waals surface area (Å²) in [5.41, 5.74) is 0. The van der Waals surface area contributed by atoms with Gasteiger partial charge in [0.05, 0.1) is 0 Å². The molecule has 2 nitrogen and oxygen atoms in total. The van der Waals surface area contributed by atoms with E-state index < -0.39 is 0 Å². The zero-order chi connectivity index (χ0) is 12.5. The Morgan fingerprint density at radius 2 is 0.789 bits per heavy atom. The second-order valence-electron chi connectivity index (χ2n) is 3.28. The minimum absolute atomic E-state index is 0. The highest BCUT2D eigenvalue weighted by Crippen LogP contribution is 1.81. The summed E-state index contributed by atoms with van der Waals surface area (Å²) in [7, 11) is 0. The first-order valence-corrected chi connectivity index (χ1v) is 6.61. The molecular formula is C17H50N2. The molecule has 0 aliphatic heterocycles. The molecule has 0 atom stereocenters. The van der Waals surface area contributed by atoms with Gasteiger partial charge in [-0.3, -0.25) is 0 Å². The fourth-order valence-corrected chi connectivity index (χ4v) is 0.921. The first kappa shape index (κ1) is 42.8. The average molecular weight is 283 g/mol. The third-order valence-electron chi connectivity index (χ3n) is 1.84. The molecule has 0 bridgehead atoms. The summed E-state index contributed by atoms with van der Waals surface area (Å²) in [4.78, 5) is 2.38. The van der Waals surface area contributed by atoms with Gasteiger partial charge in [-0.05, 0) is 32.7 Å². The molecular weight excluding hydrogens is 232 g/mol. The lowest BCUT2D eigenvalue weighted by atomic mass is 10.5. The van der Waals surface area contributed by atoms with E-state index in [1.165, 1.54) is 26.1 Å². The monoisotopic (exact) mass is 282 g/mol. The van der Waals surface area contributed by atoms with Crippen LogP contribution in [-0.2, 0) is 0 Å². The molecule has 0 fully saturated rings. The van der Waals surface area contributed by atoms with Gasteiger partial charge in [0, 0.05) is 0 Å². The standard InChI is InChI=1S/C6H15N.C4H11N.C3H8.4CH4/c1-4-7(5-2)6-3;1-3-5-4-2;1-3-2;;;;/h4-6H2,1-3H3;5H,3-4H2,1-2H3;3H2,1-2H3;4*1H4. The van der Waals surface area contributed by atoms with Crippen LogP contribution in [-0.4, -0.2) is 37.6 Å².